The van der Waals surface area contributed by atoms with Crippen LogP contribution in [0.1, 0.15) is 11.7 Å². The minimum absolute atomic E-state index is 0.0363. The molecular weight excluding hydrogens is 382 g/mol. The molecule has 2 aromatic carbocycles. The zero-order valence-corrected chi connectivity index (χ0v) is 14.6. The third-order valence-corrected chi connectivity index (χ3v) is 4.08. The molecule has 122 valence electrons. The summed E-state index contributed by atoms with van der Waals surface area (Å²) in [5.74, 6) is 0. The van der Waals surface area contributed by atoms with Crippen molar-refractivity contribution < 1.29 is 9.90 Å². The average molecular weight is 394 g/mol. The van der Waals surface area contributed by atoms with E-state index in [1.165, 1.54) is 12.1 Å². The van der Waals surface area contributed by atoms with E-state index in [2.05, 4.69) is 10.6 Å². The molecule has 0 saturated heterocycles. The van der Waals surface area contributed by atoms with Gasteiger partial charge >= 0.3 is 6.03 Å². The van der Waals surface area contributed by atoms with E-state index in [4.69, 9.17) is 46.4 Å². The lowest BCUT2D eigenvalue weighted by atomic mass is 10.1. The number of aliphatic hydroxyl groups excluding tert-OH is 1. The summed E-state index contributed by atoms with van der Waals surface area (Å²) in [6.45, 7) is -0.0363. The van der Waals surface area contributed by atoms with Gasteiger partial charge in [0.1, 0.15) is 0 Å². The molecule has 2 aromatic rings. The fraction of sp³-hybridized carbons (Fsp3) is 0.133. The van der Waals surface area contributed by atoms with Crippen LogP contribution in [0.5, 0.6) is 0 Å². The molecule has 0 bridgehead atoms. The maximum atomic E-state index is 11.9. The van der Waals surface area contributed by atoms with Crippen molar-refractivity contribution in [3.05, 3.63) is 62.1 Å². The van der Waals surface area contributed by atoms with E-state index in [-0.39, 0.29) is 6.54 Å². The number of amides is 2. The average Bonchev–Trinajstić information content (AvgIpc) is 2.48. The van der Waals surface area contributed by atoms with Gasteiger partial charge in [-0.2, -0.15) is 0 Å². The summed E-state index contributed by atoms with van der Waals surface area (Å²) in [5.41, 5.74) is 0.841. The molecule has 3 N–H and O–H groups in total. The maximum absolute atomic E-state index is 11.9. The number of nitrogens with one attached hydrogen (secondary N) is 2. The second kappa shape index (κ2) is 8.08. The van der Waals surface area contributed by atoms with Crippen LogP contribution in [0.2, 0.25) is 20.1 Å². The highest BCUT2D eigenvalue weighted by Crippen LogP contribution is 2.27. The minimum Gasteiger partial charge on any atom is -0.387 e. The molecule has 8 heteroatoms. The Morgan fingerprint density at radius 2 is 1.65 bits per heavy atom. The van der Waals surface area contributed by atoms with Gasteiger partial charge in [0.15, 0.2) is 0 Å². The Hall–Kier alpha value is -1.17. The van der Waals surface area contributed by atoms with Crippen LogP contribution >= 0.6 is 46.4 Å². The molecule has 2 rings (SSSR count). The molecule has 0 fully saturated rings. The van der Waals surface area contributed by atoms with E-state index in [0.29, 0.717) is 31.3 Å². The van der Waals surface area contributed by atoms with Crippen molar-refractivity contribution >= 4 is 58.1 Å². The summed E-state index contributed by atoms with van der Waals surface area (Å²) in [5, 5.41) is 16.7. The summed E-state index contributed by atoms with van der Waals surface area (Å²) < 4.78 is 0. The van der Waals surface area contributed by atoms with Gasteiger partial charge in [0.2, 0.25) is 0 Å². The lowest BCUT2D eigenvalue weighted by molar-refractivity contribution is 0.175. The Bertz CT molecular complexity index is 725. The Morgan fingerprint density at radius 3 is 2.35 bits per heavy atom. The lowest BCUT2D eigenvalue weighted by Gasteiger charge is -2.15. The number of carbonyl (C=O) groups is 1. The smallest absolute Gasteiger partial charge is 0.319 e. The third kappa shape index (κ3) is 5.16. The summed E-state index contributed by atoms with van der Waals surface area (Å²) in [7, 11) is 0. The van der Waals surface area contributed by atoms with Crippen molar-refractivity contribution in [1.29, 1.82) is 0 Å². The molecule has 0 radical (unpaired) electrons. The first-order valence-electron chi connectivity index (χ1n) is 6.49. The lowest BCUT2D eigenvalue weighted by Crippen LogP contribution is -2.32. The molecule has 1 atom stereocenters. The molecule has 4 nitrogen and oxygen atoms in total. The number of anilines is 1. The fourth-order valence-electron chi connectivity index (χ4n) is 1.83. The van der Waals surface area contributed by atoms with Crippen LogP contribution < -0.4 is 10.6 Å². The van der Waals surface area contributed by atoms with E-state index >= 15 is 0 Å². The molecule has 2 amide bonds. The Labute approximate surface area is 153 Å². The number of hydrogen-bond acceptors (Lipinski definition) is 2. The van der Waals surface area contributed by atoms with Gasteiger partial charge in [0.05, 0.1) is 16.8 Å². The first-order valence-corrected chi connectivity index (χ1v) is 8.01. The highest BCUT2D eigenvalue weighted by atomic mass is 35.5. The first kappa shape index (κ1) is 18.2. The van der Waals surface area contributed by atoms with Crippen LogP contribution in [0.3, 0.4) is 0 Å². The maximum Gasteiger partial charge on any atom is 0.319 e. The molecule has 0 aliphatic carbocycles. The Morgan fingerprint density at radius 1 is 1.00 bits per heavy atom. The zero-order chi connectivity index (χ0) is 17.0. The highest BCUT2D eigenvalue weighted by Gasteiger charge is 2.14. The number of halogens is 4. The molecular formula is C15H12Cl4N2O2. The predicted molar refractivity (Wildman–Crippen MR) is 94.9 cm³/mol. The molecule has 0 aromatic heterocycles. The number of urea groups is 1. The largest absolute Gasteiger partial charge is 0.387 e. The van der Waals surface area contributed by atoms with Crippen molar-refractivity contribution in [2.24, 2.45) is 0 Å². The second-order valence-corrected chi connectivity index (χ2v) is 6.33. The second-order valence-electron chi connectivity index (χ2n) is 4.64. The van der Waals surface area contributed by atoms with Crippen molar-refractivity contribution in [2.45, 2.75) is 6.10 Å². The van der Waals surface area contributed by atoms with E-state index < -0.39 is 12.1 Å². The van der Waals surface area contributed by atoms with E-state index in [0.717, 1.165) is 0 Å². The van der Waals surface area contributed by atoms with Crippen LogP contribution in [0.4, 0.5) is 10.5 Å². The van der Waals surface area contributed by atoms with Gasteiger partial charge in [-0.05, 0) is 30.3 Å². The van der Waals surface area contributed by atoms with Gasteiger partial charge < -0.3 is 15.7 Å². The monoisotopic (exact) mass is 392 g/mol. The van der Waals surface area contributed by atoms with E-state index in [1.54, 1.807) is 24.3 Å². The van der Waals surface area contributed by atoms with Crippen LogP contribution in [0.25, 0.3) is 0 Å². The van der Waals surface area contributed by atoms with Crippen molar-refractivity contribution in [3.63, 3.8) is 0 Å². The molecule has 0 heterocycles. The van der Waals surface area contributed by atoms with Crippen LogP contribution in [-0.4, -0.2) is 17.7 Å². The zero-order valence-electron chi connectivity index (χ0n) is 11.6. The minimum atomic E-state index is -0.972. The fourth-order valence-corrected chi connectivity index (χ4v) is 2.70. The molecule has 0 aliphatic heterocycles. The summed E-state index contributed by atoms with van der Waals surface area (Å²) >= 11 is 23.6. The Balaban J connectivity index is 1.94. The van der Waals surface area contributed by atoms with Gasteiger partial charge in [0, 0.05) is 27.2 Å². The molecule has 0 spiro atoms. The topological polar surface area (TPSA) is 61.4 Å². The van der Waals surface area contributed by atoms with Crippen LogP contribution in [0, 0.1) is 0 Å². The molecule has 1 unspecified atom stereocenters. The van der Waals surface area contributed by atoms with Gasteiger partial charge in [-0.1, -0.05) is 52.5 Å². The SMILES string of the molecule is O=C(NCC(O)c1ccc(Cl)cc1Cl)Nc1cc(Cl)ccc1Cl. The van der Waals surface area contributed by atoms with Crippen molar-refractivity contribution in [1.82, 2.24) is 5.32 Å². The van der Waals surface area contributed by atoms with E-state index in [9.17, 15) is 9.90 Å². The standard InChI is InChI=1S/C15H12Cl4N2O2/c16-8-1-3-10(12(19)5-8)14(22)7-20-15(23)21-13-6-9(17)2-4-11(13)18/h1-6,14,22H,7H2,(H2,20,21,23). The van der Waals surface area contributed by atoms with Gasteiger partial charge in [-0.15, -0.1) is 0 Å². The molecule has 0 saturated carbocycles. The number of aliphatic hydroxyl groups is 1. The third-order valence-electron chi connectivity index (χ3n) is 2.95. The Kier molecular flexibility index (Phi) is 6.39. The summed E-state index contributed by atoms with van der Waals surface area (Å²) in [4.78, 5) is 11.9. The van der Waals surface area contributed by atoms with Crippen LogP contribution in [-0.2, 0) is 0 Å². The number of carbonyl (C=O) groups excluding carboxylic acids is 1. The molecule has 0 aliphatic rings. The van der Waals surface area contributed by atoms with Gasteiger partial charge in [-0.25, -0.2) is 4.79 Å². The van der Waals surface area contributed by atoms with Crippen molar-refractivity contribution in [2.75, 3.05) is 11.9 Å². The normalized spacial score (nSPS) is 11.9. The molecule has 23 heavy (non-hydrogen) atoms. The van der Waals surface area contributed by atoms with Crippen LogP contribution in [0.15, 0.2) is 36.4 Å². The van der Waals surface area contributed by atoms with Gasteiger partial charge in [-0.3, -0.25) is 0 Å². The number of rotatable bonds is 4. The van der Waals surface area contributed by atoms with E-state index in [1.807, 2.05) is 0 Å². The predicted octanol–water partition coefficient (Wildman–Crippen LogP) is 5.16. The number of benzene rings is 2. The highest BCUT2D eigenvalue weighted by molar-refractivity contribution is 6.36. The summed E-state index contributed by atoms with van der Waals surface area (Å²) in [6.07, 6.45) is -0.972. The van der Waals surface area contributed by atoms with Crippen molar-refractivity contribution in [3.8, 4) is 0 Å². The first-order chi connectivity index (χ1) is 10.9. The number of hydrogen-bond donors (Lipinski definition) is 3. The quantitative estimate of drug-likeness (QED) is 0.672. The summed E-state index contributed by atoms with van der Waals surface area (Å²) in [6, 6.07) is 8.91. The van der Waals surface area contributed by atoms with Gasteiger partial charge in [0.25, 0.3) is 0 Å².